The summed E-state index contributed by atoms with van der Waals surface area (Å²) in [5, 5.41) is 9.87. The Bertz CT molecular complexity index is 1620. The smallest absolute Gasteiger partial charge is 0.462 e. The van der Waals surface area contributed by atoms with Crippen LogP contribution in [0.25, 0.3) is 0 Å². The van der Waals surface area contributed by atoms with Crippen molar-refractivity contribution < 1.29 is 52.2 Å². The van der Waals surface area contributed by atoms with Crippen molar-refractivity contribution in [1.82, 2.24) is 0 Å². The fraction of sp³-hybridized carbons (Fsp3) is 0.779. The first kappa shape index (κ1) is 76.9. The second-order valence-electron chi connectivity index (χ2n) is 21.9. The normalized spacial score (nSPS) is 13.7. The summed E-state index contributed by atoms with van der Waals surface area (Å²) >= 11 is 0. The van der Waals surface area contributed by atoms with Crippen molar-refractivity contribution >= 4 is 25.7 Å². The fourth-order valence-corrected chi connectivity index (χ4v) is 9.93. The molecule has 2 N–H and O–H groups in total. The number of hydrogen-bond acceptors (Lipinski definition) is 10. The van der Waals surface area contributed by atoms with Crippen LogP contribution in [0.2, 0.25) is 0 Å². The number of phosphoric ester groups is 1. The maximum absolute atomic E-state index is 13.0. The summed E-state index contributed by atoms with van der Waals surface area (Å²) in [7, 11) is -4.76. The molecule has 0 saturated heterocycles. The molecule has 3 unspecified atom stereocenters. The molecule has 0 aliphatic carbocycles. The van der Waals surface area contributed by atoms with E-state index in [1.165, 1.54) is 122 Å². The predicted molar refractivity (Wildman–Crippen MR) is 335 cm³/mol. The first-order valence-electron chi connectivity index (χ1n) is 32.8. The standard InChI is InChI=1S/C68H121O11P/c1-4-7-10-13-16-19-22-25-28-30-32-34-37-40-43-46-49-52-55-58-67(71)78-64(60-69)62-76-80(73,74)77-63-65(61-75-66(70)57-54-51-48-45-42-39-36-27-24-21-18-15-12-9-6-3)79-68(72)59-56-53-50-47-44-41-38-35-33-31-29-26-23-20-17-14-11-8-5-2/h9,12,17-18,20-21,26-27,29,33,35-36,64-65,69H,4-8,10-11,13-16,19,22-25,28,30-32,34,37-63H2,1-3H3,(H,73,74)/b12-9-,20-17-,21-18-,29-26-,35-33-,36-27-. The molecule has 3 atom stereocenters. The van der Waals surface area contributed by atoms with Crippen molar-refractivity contribution in [3.63, 3.8) is 0 Å². The van der Waals surface area contributed by atoms with Gasteiger partial charge in [0, 0.05) is 19.3 Å². The number of phosphoric acid groups is 1. The van der Waals surface area contributed by atoms with Crippen molar-refractivity contribution in [3.05, 3.63) is 72.9 Å². The molecule has 0 bridgehead atoms. The first-order chi connectivity index (χ1) is 39.2. The Balaban J connectivity index is 4.68. The van der Waals surface area contributed by atoms with Gasteiger partial charge in [0.15, 0.2) is 6.10 Å². The number of carbonyl (C=O) groups is 3. The summed E-state index contributed by atoms with van der Waals surface area (Å²) in [4.78, 5) is 48.8. The highest BCUT2D eigenvalue weighted by Gasteiger charge is 2.28. The van der Waals surface area contributed by atoms with Gasteiger partial charge in [0.2, 0.25) is 0 Å². The molecule has 464 valence electrons. The highest BCUT2D eigenvalue weighted by molar-refractivity contribution is 7.47. The summed E-state index contributed by atoms with van der Waals surface area (Å²) in [6, 6.07) is 0. The van der Waals surface area contributed by atoms with Gasteiger partial charge in [0.25, 0.3) is 0 Å². The highest BCUT2D eigenvalue weighted by Crippen LogP contribution is 2.43. The third kappa shape index (κ3) is 59.5. The zero-order valence-electron chi connectivity index (χ0n) is 51.5. The Morgan fingerprint density at radius 3 is 1.02 bits per heavy atom. The SMILES string of the molecule is CC/C=C\C/C=C\C/C=C\CCCCCCCC(=O)OCC(COP(=O)(O)OCC(CO)OC(=O)CCCCCCCCCCCCCCCCCCCCC)OC(=O)CCCCCCCC/C=C\C/C=C\C/C=C\CCCCC. The van der Waals surface area contributed by atoms with Crippen molar-refractivity contribution in [2.75, 3.05) is 26.4 Å². The fourth-order valence-electron chi connectivity index (χ4n) is 9.14. The first-order valence-corrected chi connectivity index (χ1v) is 34.3. The van der Waals surface area contributed by atoms with E-state index in [4.69, 9.17) is 23.3 Å². The van der Waals surface area contributed by atoms with Crippen molar-refractivity contribution in [2.45, 2.75) is 315 Å². The lowest BCUT2D eigenvalue weighted by Gasteiger charge is -2.21. The number of hydrogen-bond donors (Lipinski definition) is 2. The van der Waals surface area contributed by atoms with Crippen molar-refractivity contribution in [2.24, 2.45) is 0 Å². The Morgan fingerprint density at radius 2 is 0.650 bits per heavy atom. The molecule has 80 heavy (non-hydrogen) atoms. The van der Waals surface area contributed by atoms with Crippen molar-refractivity contribution in [3.8, 4) is 0 Å². The molecule has 0 heterocycles. The summed E-state index contributed by atoms with van der Waals surface area (Å²) in [6.07, 6.45) is 71.4. The highest BCUT2D eigenvalue weighted by atomic mass is 31.2. The molecule has 0 aromatic rings. The number of rotatable bonds is 61. The zero-order chi connectivity index (χ0) is 58.3. The number of unbranched alkanes of at least 4 members (excludes halogenated alkanes) is 32. The summed E-state index contributed by atoms with van der Waals surface area (Å²) in [5.74, 6) is -1.49. The Kier molecular flexibility index (Phi) is 59.6. The third-order valence-corrected chi connectivity index (χ3v) is 15.1. The molecule has 0 amide bonds. The van der Waals surface area contributed by atoms with Crippen LogP contribution in [0.3, 0.4) is 0 Å². The number of ether oxygens (including phenoxy) is 3. The second-order valence-corrected chi connectivity index (χ2v) is 23.4. The number of aliphatic hydroxyl groups excluding tert-OH is 1. The average Bonchev–Trinajstić information content (AvgIpc) is 3.45. The van der Waals surface area contributed by atoms with Gasteiger partial charge < -0.3 is 24.2 Å². The van der Waals surface area contributed by atoms with E-state index in [9.17, 15) is 28.9 Å². The molecule has 11 nitrogen and oxygen atoms in total. The molecule has 0 saturated carbocycles. The maximum atomic E-state index is 13.0. The van der Waals surface area contributed by atoms with E-state index >= 15 is 0 Å². The molecule has 0 fully saturated rings. The summed E-state index contributed by atoms with van der Waals surface area (Å²) < 4.78 is 39.7. The number of esters is 3. The maximum Gasteiger partial charge on any atom is 0.472 e. The molecule has 0 rings (SSSR count). The predicted octanol–water partition coefficient (Wildman–Crippen LogP) is 20.0. The lowest BCUT2D eigenvalue weighted by molar-refractivity contribution is -0.161. The molecule has 0 aromatic heterocycles. The second kappa shape index (κ2) is 62.0. The van der Waals surface area contributed by atoms with Crippen LogP contribution in [0.1, 0.15) is 303 Å². The van der Waals surface area contributed by atoms with E-state index in [1.54, 1.807) is 0 Å². The van der Waals surface area contributed by atoms with Crippen LogP contribution in [-0.4, -0.2) is 66.5 Å². The molecule has 0 aromatic carbocycles. The minimum atomic E-state index is -4.76. The number of carbonyl (C=O) groups excluding carboxylic acids is 3. The van der Waals surface area contributed by atoms with Gasteiger partial charge in [0.1, 0.15) is 12.7 Å². The van der Waals surface area contributed by atoms with Gasteiger partial charge in [-0.1, -0.05) is 267 Å². The van der Waals surface area contributed by atoms with Gasteiger partial charge in [-0.05, 0) is 89.9 Å². The van der Waals surface area contributed by atoms with Crippen LogP contribution < -0.4 is 0 Å². The minimum absolute atomic E-state index is 0.148. The van der Waals surface area contributed by atoms with Crippen LogP contribution in [0.4, 0.5) is 0 Å². The Hall–Kier alpha value is -3.08. The minimum Gasteiger partial charge on any atom is -0.462 e. The Labute approximate surface area is 490 Å². The van der Waals surface area contributed by atoms with E-state index in [0.717, 1.165) is 122 Å². The number of aliphatic hydroxyl groups is 1. The molecule has 0 aliphatic heterocycles. The van der Waals surface area contributed by atoms with Crippen LogP contribution >= 0.6 is 7.82 Å². The van der Waals surface area contributed by atoms with Gasteiger partial charge in [-0.2, -0.15) is 0 Å². The lowest BCUT2D eigenvalue weighted by atomic mass is 10.0. The monoisotopic (exact) mass is 1140 g/mol. The lowest BCUT2D eigenvalue weighted by Crippen LogP contribution is -2.30. The third-order valence-electron chi connectivity index (χ3n) is 14.1. The van der Waals surface area contributed by atoms with Crippen LogP contribution in [0, 0.1) is 0 Å². The molecule has 0 radical (unpaired) electrons. The van der Waals surface area contributed by atoms with Gasteiger partial charge in [-0.15, -0.1) is 0 Å². The molecular weight excluding hydrogens is 1020 g/mol. The van der Waals surface area contributed by atoms with Crippen LogP contribution in [0.15, 0.2) is 72.9 Å². The Morgan fingerprint density at radius 1 is 0.362 bits per heavy atom. The van der Waals surface area contributed by atoms with E-state index in [-0.39, 0.29) is 25.9 Å². The topological polar surface area (TPSA) is 155 Å². The van der Waals surface area contributed by atoms with Gasteiger partial charge in [0.05, 0.1) is 19.8 Å². The van der Waals surface area contributed by atoms with E-state index in [0.29, 0.717) is 19.3 Å². The van der Waals surface area contributed by atoms with E-state index < -0.39 is 57.8 Å². The average molecular weight is 1150 g/mol. The summed E-state index contributed by atoms with van der Waals surface area (Å²) in [6.45, 7) is 4.53. The van der Waals surface area contributed by atoms with E-state index in [2.05, 4.69) is 93.7 Å². The van der Waals surface area contributed by atoms with Crippen LogP contribution in [-0.2, 0) is 42.2 Å². The quantitative estimate of drug-likeness (QED) is 0.0197. The van der Waals surface area contributed by atoms with Gasteiger partial charge in [-0.25, -0.2) is 4.57 Å². The van der Waals surface area contributed by atoms with Crippen molar-refractivity contribution in [1.29, 1.82) is 0 Å². The van der Waals surface area contributed by atoms with Gasteiger partial charge in [-0.3, -0.25) is 23.4 Å². The molecule has 0 aliphatic rings. The summed E-state index contributed by atoms with van der Waals surface area (Å²) in [5.41, 5.74) is 0. The van der Waals surface area contributed by atoms with E-state index in [1.807, 2.05) is 0 Å². The zero-order valence-corrected chi connectivity index (χ0v) is 52.4. The largest absolute Gasteiger partial charge is 0.472 e. The molecule has 12 heteroatoms. The van der Waals surface area contributed by atoms with Crippen LogP contribution in [0.5, 0.6) is 0 Å². The van der Waals surface area contributed by atoms with Gasteiger partial charge >= 0.3 is 25.7 Å². The molecule has 0 spiro atoms. The molecular formula is C68H121O11P. The number of allylic oxidation sites excluding steroid dienone is 12.